The minimum Gasteiger partial charge on any atom is -0.481 e. The van der Waals surface area contributed by atoms with Gasteiger partial charge in [0.2, 0.25) is 0 Å². The van der Waals surface area contributed by atoms with E-state index in [4.69, 9.17) is 5.11 Å². The minimum absolute atomic E-state index is 0.0335. The second-order valence-electron chi connectivity index (χ2n) is 5.17. The van der Waals surface area contributed by atoms with Crippen LogP contribution in [0.5, 0.6) is 0 Å². The van der Waals surface area contributed by atoms with E-state index in [1.54, 1.807) is 0 Å². The Morgan fingerprint density at radius 3 is 2.65 bits per heavy atom. The Morgan fingerprint density at radius 2 is 2.15 bits per heavy atom. The lowest BCUT2D eigenvalue weighted by Gasteiger charge is -2.41. The smallest absolute Gasteiger partial charge is 0.419 e. The molecule has 1 aliphatic rings. The highest BCUT2D eigenvalue weighted by molar-refractivity contribution is 5.68. The van der Waals surface area contributed by atoms with Crippen LogP contribution in [0.1, 0.15) is 31.2 Å². The maximum absolute atomic E-state index is 12.8. The minimum atomic E-state index is -4.48. The summed E-state index contributed by atoms with van der Waals surface area (Å²) in [5.74, 6) is -1.17. The van der Waals surface area contributed by atoms with Crippen LogP contribution in [-0.4, -0.2) is 22.6 Å². The third-order valence-corrected chi connectivity index (χ3v) is 3.68. The number of aliphatic carboxylic acids is 1. The number of nitrogens with one attached hydrogen (secondary N) is 1. The zero-order chi connectivity index (χ0) is 14.8. The number of rotatable bonds is 5. The van der Waals surface area contributed by atoms with E-state index in [2.05, 4.69) is 10.3 Å². The largest absolute Gasteiger partial charge is 0.481 e. The van der Waals surface area contributed by atoms with Crippen LogP contribution in [0.25, 0.3) is 0 Å². The number of hydrogen-bond donors (Lipinski definition) is 2. The Kier molecular flexibility index (Phi) is 3.87. The van der Waals surface area contributed by atoms with Crippen LogP contribution >= 0.6 is 0 Å². The first-order valence-electron chi connectivity index (χ1n) is 6.30. The first kappa shape index (κ1) is 14.6. The van der Waals surface area contributed by atoms with Gasteiger partial charge in [-0.25, -0.2) is 4.98 Å². The van der Waals surface area contributed by atoms with Crippen LogP contribution in [-0.2, 0) is 11.0 Å². The fourth-order valence-electron chi connectivity index (χ4n) is 2.46. The maximum atomic E-state index is 12.8. The van der Waals surface area contributed by atoms with Gasteiger partial charge in [0.25, 0.3) is 0 Å². The number of nitrogens with zero attached hydrogens (tertiary/aromatic N) is 1. The molecule has 0 bridgehead atoms. The molecule has 1 heterocycles. The van der Waals surface area contributed by atoms with Gasteiger partial charge in [-0.2, -0.15) is 13.2 Å². The standard InChI is InChI=1S/C13H15F3N2O2/c14-13(15,16)9-3-1-6-17-11(9)18-8-12(4-2-5-12)7-10(19)20/h1,3,6H,2,4-5,7-8H2,(H,17,18)(H,19,20). The van der Waals surface area contributed by atoms with Crippen molar-refractivity contribution in [3.8, 4) is 0 Å². The van der Waals surface area contributed by atoms with E-state index in [-0.39, 0.29) is 18.8 Å². The molecular formula is C13H15F3N2O2. The summed E-state index contributed by atoms with van der Waals surface area (Å²) in [5, 5.41) is 11.5. The summed E-state index contributed by atoms with van der Waals surface area (Å²) in [6, 6.07) is 2.18. The summed E-state index contributed by atoms with van der Waals surface area (Å²) in [6.07, 6.45) is -0.906. The predicted octanol–water partition coefficient (Wildman–Crippen LogP) is 3.16. The van der Waals surface area contributed by atoms with Gasteiger partial charge in [-0.3, -0.25) is 4.79 Å². The van der Waals surface area contributed by atoms with Gasteiger partial charge in [-0.15, -0.1) is 0 Å². The van der Waals surface area contributed by atoms with Crippen molar-refractivity contribution in [1.29, 1.82) is 0 Å². The highest BCUT2D eigenvalue weighted by Crippen LogP contribution is 2.44. The Hall–Kier alpha value is -1.79. The summed E-state index contributed by atoms with van der Waals surface area (Å²) in [4.78, 5) is 14.5. The molecule has 1 aromatic heterocycles. The average molecular weight is 288 g/mol. The molecule has 0 spiro atoms. The van der Waals surface area contributed by atoms with Gasteiger partial charge in [0.1, 0.15) is 5.82 Å². The molecule has 0 aliphatic heterocycles. The van der Waals surface area contributed by atoms with E-state index in [0.29, 0.717) is 12.8 Å². The number of halogens is 3. The molecule has 1 aromatic rings. The van der Waals surface area contributed by atoms with Gasteiger partial charge < -0.3 is 10.4 Å². The topological polar surface area (TPSA) is 62.2 Å². The number of alkyl halides is 3. The SMILES string of the molecule is O=C(O)CC1(CNc2ncccc2C(F)(F)F)CCC1. The molecule has 7 heteroatoms. The van der Waals surface area contributed by atoms with Crippen molar-refractivity contribution in [1.82, 2.24) is 4.98 Å². The van der Waals surface area contributed by atoms with Crippen molar-refractivity contribution in [2.24, 2.45) is 5.41 Å². The molecule has 1 saturated carbocycles. The Morgan fingerprint density at radius 1 is 1.45 bits per heavy atom. The average Bonchev–Trinajstić information content (AvgIpc) is 2.31. The van der Waals surface area contributed by atoms with Gasteiger partial charge in [0.05, 0.1) is 12.0 Å². The number of pyridine rings is 1. The first-order valence-corrected chi connectivity index (χ1v) is 6.30. The van der Waals surface area contributed by atoms with Crippen LogP contribution in [0.3, 0.4) is 0 Å². The molecule has 2 N–H and O–H groups in total. The predicted molar refractivity (Wildman–Crippen MR) is 66.3 cm³/mol. The molecule has 0 unspecified atom stereocenters. The van der Waals surface area contributed by atoms with Crippen LogP contribution in [0.2, 0.25) is 0 Å². The van der Waals surface area contributed by atoms with Gasteiger partial charge in [0.15, 0.2) is 0 Å². The lowest BCUT2D eigenvalue weighted by atomic mass is 9.66. The van der Waals surface area contributed by atoms with Crippen LogP contribution in [0.4, 0.5) is 19.0 Å². The van der Waals surface area contributed by atoms with E-state index < -0.39 is 23.1 Å². The van der Waals surface area contributed by atoms with Crippen molar-refractivity contribution in [2.45, 2.75) is 31.9 Å². The van der Waals surface area contributed by atoms with E-state index in [1.807, 2.05) is 0 Å². The van der Waals surface area contributed by atoms with Gasteiger partial charge in [-0.05, 0) is 30.4 Å². The normalized spacial score (nSPS) is 17.4. The number of anilines is 1. The van der Waals surface area contributed by atoms with Crippen molar-refractivity contribution < 1.29 is 23.1 Å². The second-order valence-corrected chi connectivity index (χ2v) is 5.17. The number of aromatic nitrogens is 1. The summed E-state index contributed by atoms with van der Waals surface area (Å²) in [7, 11) is 0. The number of carboxylic acid groups (broad SMARTS) is 1. The van der Waals surface area contributed by atoms with Crippen molar-refractivity contribution in [2.75, 3.05) is 11.9 Å². The molecule has 0 saturated heterocycles. The monoisotopic (exact) mass is 288 g/mol. The molecular weight excluding hydrogens is 273 g/mol. The molecule has 110 valence electrons. The summed E-state index contributed by atoms with van der Waals surface area (Å²) in [6.45, 7) is 0.194. The number of carbonyl (C=O) groups is 1. The third-order valence-electron chi connectivity index (χ3n) is 3.68. The molecule has 2 rings (SSSR count). The van der Waals surface area contributed by atoms with Crippen molar-refractivity contribution in [3.63, 3.8) is 0 Å². The third kappa shape index (κ3) is 3.20. The Balaban J connectivity index is 2.09. The maximum Gasteiger partial charge on any atom is 0.419 e. The fourth-order valence-corrected chi connectivity index (χ4v) is 2.46. The molecule has 1 fully saturated rings. The molecule has 0 atom stereocenters. The summed E-state index contributed by atoms with van der Waals surface area (Å²) in [5.41, 5.74) is -1.28. The number of carboxylic acids is 1. The molecule has 0 amide bonds. The van der Waals surface area contributed by atoms with Gasteiger partial charge in [-0.1, -0.05) is 6.42 Å². The first-order chi connectivity index (χ1) is 9.32. The Bertz CT molecular complexity index is 499. The zero-order valence-electron chi connectivity index (χ0n) is 10.7. The van der Waals surface area contributed by atoms with Crippen LogP contribution in [0, 0.1) is 5.41 Å². The lowest BCUT2D eigenvalue weighted by molar-refractivity contribution is -0.141. The second kappa shape index (κ2) is 5.30. The fraction of sp³-hybridized carbons (Fsp3) is 0.538. The summed E-state index contributed by atoms with van der Waals surface area (Å²) >= 11 is 0. The van der Waals surface area contributed by atoms with Gasteiger partial charge in [0, 0.05) is 12.7 Å². The molecule has 4 nitrogen and oxygen atoms in total. The summed E-state index contributed by atoms with van der Waals surface area (Å²) < 4.78 is 38.4. The van der Waals surface area contributed by atoms with E-state index in [1.165, 1.54) is 12.3 Å². The lowest BCUT2D eigenvalue weighted by Crippen LogP contribution is -2.39. The van der Waals surface area contributed by atoms with Crippen molar-refractivity contribution in [3.05, 3.63) is 23.9 Å². The van der Waals surface area contributed by atoms with E-state index >= 15 is 0 Å². The number of hydrogen-bond acceptors (Lipinski definition) is 3. The van der Waals surface area contributed by atoms with Crippen LogP contribution in [0.15, 0.2) is 18.3 Å². The zero-order valence-corrected chi connectivity index (χ0v) is 10.7. The molecule has 20 heavy (non-hydrogen) atoms. The quantitative estimate of drug-likeness (QED) is 0.873. The molecule has 1 aliphatic carbocycles. The van der Waals surface area contributed by atoms with E-state index in [0.717, 1.165) is 12.5 Å². The molecule has 0 radical (unpaired) electrons. The highest BCUT2D eigenvalue weighted by atomic mass is 19.4. The van der Waals surface area contributed by atoms with Crippen LogP contribution < -0.4 is 5.32 Å². The highest BCUT2D eigenvalue weighted by Gasteiger charge is 2.40. The van der Waals surface area contributed by atoms with Gasteiger partial charge >= 0.3 is 12.1 Å². The Labute approximate surface area is 114 Å². The molecule has 0 aromatic carbocycles. The van der Waals surface area contributed by atoms with E-state index in [9.17, 15) is 18.0 Å². The van der Waals surface area contributed by atoms with Crippen molar-refractivity contribution >= 4 is 11.8 Å².